The van der Waals surface area contributed by atoms with Crippen LogP contribution in [0.5, 0.6) is 11.5 Å². The summed E-state index contributed by atoms with van der Waals surface area (Å²) in [7, 11) is 0. The minimum absolute atomic E-state index is 0. The van der Waals surface area contributed by atoms with Crippen molar-refractivity contribution in [1.29, 1.82) is 0 Å². The molecule has 4 aromatic rings. The number of fused-ring (bicyclic) bond motifs is 2. The van der Waals surface area contributed by atoms with Crippen molar-refractivity contribution in [1.82, 2.24) is 14.7 Å². The van der Waals surface area contributed by atoms with Gasteiger partial charge in [-0.05, 0) is 48.7 Å². The molecule has 1 aliphatic rings. The Morgan fingerprint density at radius 2 is 1.97 bits per heavy atom. The SMILES string of the molecule is Cc1ccc(-c2cn3c(CC(=O)NCc4ccc5c(c4)OCO5)csc3n2)cc1C.Cl. The number of halogens is 1. The fourth-order valence-electron chi connectivity index (χ4n) is 3.47. The van der Waals surface area contributed by atoms with Crippen molar-refractivity contribution < 1.29 is 14.3 Å². The predicted molar refractivity (Wildman–Crippen MR) is 123 cm³/mol. The van der Waals surface area contributed by atoms with E-state index in [-0.39, 0.29) is 25.1 Å². The fourth-order valence-corrected chi connectivity index (χ4v) is 4.35. The van der Waals surface area contributed by atoms with E-state index >= 15 is 0 Å². The van der Waals surface area contributed by atoms with Gasteiger partial charge in [-0.2, -0.15) is 0 Å². The summed E-state index contributed by atoms with van der Waals surface area (Å²) in [5.74, 6) is 1.43. The van der Waals surface area contributed by atoms with Crippen LogP contribution in [0.1, 0.15) is 22.4 Å². The van der Waals surface area contributed by atoms with Crippen LogP contribution in [0.3, 0.4) is 0 Å². The Balaban J connectivity index is 0.00000231. The van der Waals surface area contributed by atoms with Crippen molar-refractivity contribution in [2.45, 2.75) is 26.8 Å². The first-order chi connectivity index (χ1) is 14.6. The number of aromatic nitrogens is 2. The molecule has 0 saturated heterocycles. The molecule has 2 aromatic heterocycles. The average Bonchev–Trinajstić information content (AvgIpc) is 3.45. The summed E-state index contributed by atoms with van der Waals surface area (Å²) >= 11 is 1.55. The number of imidazole rings is 1. The Kier molecular flexibility index (Phi) is 5.89. The van der Waals surface area contributed by atoms with E-state index in [1.54, 1.807) is 11.3 Å². The zero-order valence-corrected chi connectivity index (χ0v) is 18.8. The molecule has 0 saturated carbocycles. The van der Waals surface area contributed by atoms with E-state index in [0.29, 0.717) is 13.0 Å². The highest BCUT2D eigenvalue weighted by Crippen LogP contribution is 2.32. The van der Waals surface area contributed by atoms with E-state index in [1.807, 2.05) is 34.2 Å². The monoisotopic (exact) mass is 455 g/mol. The lowest BCUT2D eigenvalue weighted by Gasteiger charge is -2.06. The maximum Gasteiger partial charge on any atom is 0.231 e. The summed E-state index contributed by atoms with van der Waals surface area (Å²) in [4.78, 5) is 18.1. The minimum Gasteiger partial charge on any atom is -0.454 e. The first-order valence-corrected chi connectivity index (χ1v) is 10.6. The number of amides is 1. The smallest absolute Gasteiger partial charge is 0.231 e. The Morgan fingerprint density at radius 3 is 2.81 bits per heavy atom. The van der Waals surface area contributed by atoms with Crippen molar-refractivity contribution in [3.63, 3.8) is 0 Å². The Bertz CT molecular complexity index is 1260. The van der Waals surface area contributed by atoms with E-state index in [4.69, 9.17) is 14.5 Å². The lowest BCUT2D eigenvalue weighted by atomic mass is 10.0. The molecule has 0 aliphatic carbocycles. The van der Waals surface area contributed by atoms with Crippen molar-refractivity contribution in [2.75, 3.05) is 6.79 Å². The summed E-state index contributed by atoms with van der Waals surface area (Å²) in [5, 5.41) is 4.97. The highest BCUT2D eigenvalue weighted by Gasteiger charge is 2.15. The highest BCUT2D eigenvalue weighted by molar-refractivity contribution is 7.15. The number of hydrogen-bond donors (Lipinski definition) is 1. The van der Waals surface area contributed by atoms with Crippen LogP contribution in [0.15, 0.2) is 48.0 Å². The van der Waals surface area contributed by atoms with Gasteiger partial charge in [0.25, 0.3) is 0 Å². The summed E-state index contributed by atoms with van der Waals surface area (Å²) in [6.07, 6.45) is 2.31. The van der Waals surface area contributed by atoms with Gasteiger partial charge in [0.15, 0.2) is 16.5 Å². The van der Waals surface area contributed by atoms with Crippen molar-refractivity contribution in [3.05, 3.63) is 70.4 Å². The van der Waals surface area contributed by atoms with Crippen LogP contribution in [0.2, 0.25) is 0 Å². The Morgan fingerprint density at radius 1 is 1.13 bits per heavy atom. The maximum absolute atomic E-state index is 12.5. The van der Waals surface area contributed by atoms with E-state index < -0.39 is 0 Å². The molecule has 3 heterocycles. The van der Waals surface area contributed by atoms with Crippen LogP contribution in [0.25, 0.3) is 16.2 Å². The number of ether oxygens (including phenoxy) is 2. The molecule has 6 nitrogen and oxygen atoms in total. The summed E-state index contributed by atoms with van der Waals surface area (Å²) in [6, 6.07) is 12.1. The van der Waals surface area contributed by atoms with Gasteiger partial charge in [0, 0.05) is 29.4 Å². The number of nitrogens with zero attached hydrogens (tertiary/aromatic N) is 2. The van der Waals surface area contributed by atoms with Crippen LogP contribution in [-0.2, 0) is 17.8 Å². The zero-order valence-electron chi connectivity index (χ0n) is 17.2. The van der Waals surface area contributed by atoms with Gasteiger partial charge < -0.3 is 14.8 Å². The van der Waals surface area contributed by atoms with Gasteiger partial charge in [0.05, 0.1) is 12.1 Å². The second kappa shape index (κ2) is 8.61. The largest absolute Gasteiger partial charge is 0.454 e. The van der Waals surface area contributed by atoms with E-state index in [0.717, 1.165) is 39.0 Å². The first kappa shape index (κ1) is 21.2. The summed E-state index contributed by atoms with van der Waals surface area (Å²) in [6.45, 7) is 4.90. The molecule has 0 spiro atoms. The van der Waals surface area contributed by atoms with Crippen LogP contribution in [-0.4, -0.2) is 22.1 Å². The van der Waals surface area contributed by atoms with Gasteiger partial charge in [-0.1, -0.05) is 18.2 Å². The zero-order chi connectivity index (χ0) is 20.7. The second-order valence-corrected chi connectivity index (χ2v) is 8.28. The third kappa shape index (κ3) is 4.24. The van der Waals surface area contributed by atoms with Crippen molar-refractivity contribution >= 4 is 34.6 Å². The number of hydrogen-bond acceptors (Lipinski definition) is 5. The Hall–Kier alpha value is -3.03. The van der Waals surface area contributed by atoms with Crippen molar-refractivity contribution in [3.8, 4) is 22.8 Å². The van der Waals surface area contributed by atoms with Gasteiger partial charge >= 0.3 is 0 Å². The maximum atomic E-state index is 12.5. The second-order valence-electron chi connectivity index (χ2n) is 7.45. The van der Waals surface area contributed by atoms with Gasteiger partial charge in [0.1, 0.15) is 0 Å². The minimum atomic E-state index is -0.0335. The normalized spacial score (nSPS) is 12.1. The van der Waals surface area contributed by atoms with E-state index in [9.17, 15) is 4.79 Å². The average molecular weight is 456 g/mol. The lowest BCUT2D eigenvalue weighted by molar-refractivity contribution is -0.120. The van der Waals surface area contributed by atoms with E-state index in [1.165, 1.54) is 11.1 Å². The molecule has 0 atom stereocenters. The fraction of sp³-hybridized carbons (Fsp3) is 0.217. The molecular formula is C23H22ClN3O3S. The molecule has 160 valence electrons. The third-order valence-corrected chi connectivity index (χ3v) is 6.24. The predicted octanol–water partition coefficient (Wildman–Crippen LogP) is 4.69. The molecule has 31 heavy (non-hydrogen) atoms. The summed E-state index contributed by atoms with van der Waals surface area (Å²) in [5.41, 5.74) is 6.43. The number of carbonyl (C=O) groups excluding carboxylic acids is 1. The first-order valence-electron chi connectivity index (χ1n) is 9.75. The number of thiazole rings is 1. The number of aryl methyl sites for hydroxylation is 2. The molecule has 2 aromatic carbocycles. The molecule has 0 unspecified atom stereocenters. The number of nitrogens with one attached hydrogen (secondary N) is 1. The van der Waals surface area contributed by atoms with Gasteiger partial charge in [-0.15, -0.1) is 23.7 Å². The Labute approximate surface area is 190 Å². The lowest BCUT2D eigenvalue weighted by Crippen LogP contribution is -2.24. The standard InChI is InChI=1S/C23H21N3O3S.ClH/c1-14-3-5-17(7-15(14)2)19-11-26-18(12-30-23(26)25-19)9-22(27)24-10-16-4-6-20-21(8-16)29-13-28-20;/h3-8,11-12H,9-10,13H2,1-2H3,(H,24,27);1H. The van der Waals surface area contributed by atoms with Crippen LogP contribution >= 0.6 is 23.7 Å². The number of carbonyl (C=O) groups is 1. The van der Waals surface area contributed by atoms with Gasteiger partial charge in [-0.25, -0.2) is 4.98 Å². The highest BCUT2D eigenvalue weighted by atomic mass is 35.5. The van der Waals surface area contributed by atoms with Crippen LogP contribution in [0.4, 0.5) is 0 Å². The number of benzene rings is 2. The molecule has 0 fully saturated rings. The molecule has 8 heteroatoms. The van der Waals surface area contributed by atoms with Gasteiger partial charge in [0.2, 0.25) is 12.7 Å². The molecular weight excluding hydrogens is 434 g/mol. The topological polar surface area (TPSA) is 64.9 Å². The molecule has 1 N–H and O–H groups in total. The number of rotatable bonds is 5. The van der Waals surface area contributed by atoms with Gasteiger partial charge in [-0.3, -0.25) is 9.20 Å². The van der Waals surface area contributed by atoms with Crippen LogP contribution < -0.4 is 14.8 Å². The van der Waals surface area contributed by atoms with Crippen LogP contribution in [0, 0.1) is 13.8 Å². The molecule has 5 rings (SSSR count). The quantitative estimate of drug-likeness (QED) is 0.474. The molecule has 0 radical (unpaired) electrons. The van der Waals surface area contributed by atoms with E-state index in [2.05, 4.69) is 37.4 Å². The molecule has 1 aliphatic heterocycles. The third-order valence-electron chi connectivity index (χ3n) is 5.35. The van der Waals surface area contributed by atoms with Crippen molar-refractivity contribution in [2.24, 2.45) is 0 Å². The molecule has 1 amide bonds. The molecule has 0 bridgehead atoms. The summed E-state index contributed by atoms with van der Waals surface area (Å²) < 4.78 is 12.7.